The summed E-state index contributed by atoms with van der Waals surface area (Å²) in [6, 6.07) is 23.0. The molecule has 0 aromatic heterocycles. The first-order valence-corrected chi connectivity index (χ1v) is 9.92. The second-order valence-corrected chi connectivity index (χ2v) is 6.45. The van der Waals surface area contributed by atoms with E-state index in [0.29, 0.717) is 23.9 Å². The van der Waals surface area contributed by atoms with Crippen molar-refractivity contribution >= 4 is 11.8 Å². The Balaban J connectivity index is 1.45. The highest BCUT2D eigenvalue weighted by Gasteiger charge is 2.14. The lowest BCUT2D eigenvalue weighted by Crippen LogP contribution is -2.44. The Bertz CT molecular complexity index is 1030. The van der Waals surface area contributed by atoms with Gasteiger partial charge in [0.05, 0.1) is 12.7 Å². The third-order valence-corrected chi connectivity index (χ3v) is 4.23. The van der Waals surface area contributed by atoms with Crippen LogP contribution in [0.3, 0.4) is 0 Å². The summed E-state index contributed by atoms with van der Waals surface area (Å²) >= 11 is 0. The van der Waals surface area contributed by atoms with E-state index in [1.165, 1.54) is 7.11 Å². The van der Waals surface area contributed by atoms with Gasteiger partial charge >= 0.3 is 0 Å². The molecule has 32 heavy (non-hydrogen) atoms. The summed E-state index contributed by atoms with van der Waals surface area (Å²) in [6.45, 7) is 0.269. The van der Waals surface area contributed by atoms with Gasteiger partial charge in [-0.15, -0.1) is 0 Å². The van der Waals surface area contributed by atoms with Crippen LogP contribution in [0.25, 0.3) is 0 Å². The Morgan fingerprint density at radius 3 is 2.06 bits per heavy atom. The molecule has 0 fully saturated rings. The number of carbonyl (C=O) groups excluding carboxylic acids is 2. The molecular formula is C24H24N2O6. The van der Waals surface area contributed by atoms with E-state index in [-0.39, 0.29) is 18.8 Å². The monoisotopic (exact) mass is 436 g/mol. The van der Waals surface area contributed by atoms with Crippen LogP contribution in [0.2, 0.25) is 0 Å². The number of ether oxygens (including phenoxy) is 4. The lowest BCUT2D eigenvalue weighted by atomic mass is 10.2. The summed E-state index contributed by atoms with van der Waals surface area (Å²) in [5, 5.41) is 0. The van der Waals surface area contributed by atoms with Crippen molar-refractivity contribution in [1.82, 2.24) is 10.9 Å². The molecule has 3 rings (SSSR count). The standard InChI is InChI=1S/C24H24N2O6/c1-29-21-13-7-8-14-22(21)32-17-23(27)25-26-24(28)19-11-5-6-12-20(19)31-16-15-30-18-9-3-2-4-10-18/h2-14H,15-17H2,1H3,(H,25,27)(H,26,28). The van der Waals surface area contributed by atoms with E-state index in [2.05, 4.69) is 10.9 Å². The summed E-state index contributed by atoms with van der Waals surface area (Å²) < 4.78 is 21.9. The van der Waals surface area contributed by atoms with Crippen LogP contribution in [0.5, 0.6) is 23.0 Å². The summed E-state index contributed by atoms with van der Waals surface area (Å²) in [5.41, 5.74) is 4.96. The fourth-order valence-corrected chi connectivity index (χ4v) is 2.72. The number of para-hydroxylation sites is 4. The average Bonchev–Trinajstić information content (AvgIpc) is 2.85. The van der Waals surface area contributed by atoms with E-state index in [0.717, 1.165) is 5.75 Å². The number of methoxy groups -OCH3 is 1. The second kappa shape index (κ2) is 11.8. The zero-order chi connectivity index (χ0) is 22.6. The lowest BCUT2D eigenvalue weighted by Gasteiger charge is -2.13. The van der Waals surface area contributed by atoms with Crippen molar-refractivity contribution in [2.24, 2.45) is 0 Å². The van der Waals surface area contributed by atoms with Crippen LogP contribution in [0, 0.1) is 0 Å². The highest BCUT2D eigenvalue weighted by atomic mass is 16.5. The first kappa shape index (κ1) is 22.5. The molecule has 0 aliphatic rings. The van der Waals surface area contributed by atoms with Crippen molar-refractivity contribution in [3.05, 3.63) is 84.4 Å². The van der Waals surface area contributed by atoms with Crippen molar-refractivity contribution in [2.75, 3.05) is 26.9 Å². The van der Waals surface area contributed by atoms with Crippen molar-refractivity contribution in [3.8, 4) is 23.0 Å². The van der Waals surface area contributed by atoms with Crippen molar-refractivity contribution in [2.45, 2.75) is 0 Å². The van der Waals surface area contributed by atoms with Gasteiger partial charge in [0, 0.05) is 0 Å². The summed E-state index contributed by atoms with van der Waals surface area (Å²) in [6.07, 6.45) is 0. The van der Waals surface area contributed by atoms with E-state index >= 15 is 0 Å². The van der Waals surface area contributed by atoms with Gasteiger partial charge < -0.3 is 18.9 Å². The van der Waals surface area contributed by atoms with Crippen LogP contribution in [-0.2, 0) is 4.79 Å². The molecule has 3 aromatic carbocycles. The lowest BCUT2D eigenvalue weighted by molar-refractivity contribution is -0.123. The molecule has 0 aliphatic heterocycles. The first-order chi connectivity index (χ1) is 15.7. The number of hydrazine groups is 1. The number of rotatable bonds is 10. The zero-order valence-electron chi connectivity index (χ0n) is 17.6. The van der Waals surface area contributed by atoms with Crippen molar-refractivity contribution in [3.63, 3.8) is 0 Å². The molecule has 0 saturated heterocycles. The number of amides is 2. The molecule has 0 spiro atoms. The Hall–Kier alpha value is -4.20. The van der Waals surface area contributed by atoms with Gasteiger partial charge in [-0.25, -0.2) is 0 Å². The Labute approximate surface area is 186 Å². The minimum atomic E-state index is -0.529. The molecule has 0 bridgehead atoms. The largest absolute Gasteiger partial charge is 0.493 e. The molecule has 2 amide bonds. The van der Waals surface area contributed by atoms with Crippen LogP contribution in [-0.4, -0.2) is 38.7 Å². The zero-order valence-corrected chi connectivity index (χ0v) is 17.6. The molecule has 166 valence electrons. The summed E-state index contributed by atoms with van der Waals surface area (Å²) in [4.78, 5) is 24.5. The van der Waals surface area contributed by atoms with Crippen LogP contribution in [0.1, 0.15) is 10.4 Å². The average molecular weight is 436 g/mol. The quantitative estimate of drug-likeness (QED) is 0.375. The molecule has 8 heteroatoms. The van der Waals surface area contributed by atoms with E-state index in [1.807, 2.05) is 30.3 Å². The maximum atomic E-state index is 12.5. The molecule has 0 aliphatic carbocycles. The maximum Gasteiger partial charge on any atom is 0.276 e. The predicted octanol–water partition coefficient (Wildman–Crippen LogP) is 2.99. The predicted molar refractivity (Wildman–Crippen MR) is 118 cm³/mol. The fourth-order valence-electron chi connectivity index (χ4n) is 2.72. The second-order valence-electron chi connectivity index (χ2n) is 6.45. The number of benzene rings is 3. The number of hydrogen-bond donors (Lipinski definition) is 2. The van der Waals surface area contributed by atoms with Crippen molar-refractivity contribution < 1.29 is 28.5 Å². The molecular weight excluding hydrogens is 412 g/mol. The van der Waals surface area contributed by atoms with Crippen LogP contribution < -0.4 is 29.8 Å². The topological polar surface area (TPSA) is 95.1 Å². The smallest absolute Gasteiger partial charge is 0.276 e. The highest BCUT2D eigenvalue weighted by Crippen LogP contribution is 2.25. The fraction of sp³-hybridized carbons (Fsp3) is 0.167. The Morgan fingerprint density at radius 1 is 0.688 bits per heavy atom. The Kier molecular flexibility index (Phi) is 8.33. The Morgan fingerprint density at radius 2 is 1.31 bits per heavy atom. The molecule has 0 atom stereocenters. The minimum Gasteiger partial charge on any atom is -0.493 e. The molecule has 3 aromatic rings. The van der Waals surface area contributed by atoms with Gasteiger partial charge in [-0.2, -0.15) is 0 Å². The van der Waals surface area contributed by atoms with Gasteiger partial charge in [-0.1, -0.05) is 42.5 Å². The minimum absolute atomic E-state index is 0.248. The maximum absolute atomic E-state index is 12.5. The van der Waals surface area contributed by atoms with E-state index in [1.54, 1.807) is 48.5 Å². The van der Waals surface area contributed by atoms with Crippen LogP contribution >= 0.6 is 0 Å². The summed E-state index contributed by atoms with van der Waals surface area (Å²) in [7, 11) is 1.51. The molecule has 0 radical (unpaired) electrons. The molecule has 8 nitrogen and oxygen atoms in total. The van der Waals surface area contributed by atoms with Gasteiger partial charge in [0.15, 0.2) is 18.1 Å². The van der Waals surface area contributed by atoms with E-state index < -0.39 is 11.8 Å². The molecule has 0 saturated carbocycles. The van der Waals surface area contributed by atoms with Crippen LogP contribution in [0.4, 0.5) is 0 Å². The van der Waals surface area contributed by atoms with Crippen molar-refractivity contribution in [1.29, 1.82) is 0 Å². The first-order valence-electron chi connectivity index (χ1n) is 9.92. The molecule has 0 unspecified atom stereocenters. The van der Waals surface area contributed by atoms with E-state index in [4.69, 9.17) is 18.9 Å². The third-order valence-electron chi connectivity index (χ3n) is 4.23. The van der Waals surface area contributed by atoms with Gasteiger partial charge in [0.2, 0.25) is 0 Å². The van der Waals surface area contributed by atoms with Crippen LogP contribution in [0.15, 0.2) is 78.9 Å². The molecule has 0 heterocycles. The van der Waals surface area contributed by atoms with Gasteiger partial charge in [-0.05, 0) is 36.4 Å². The van der Waals surface area contributed by atoms with Gasteiger partial charge in [0.1, 0.15) is 24.7 Å². The van der Waals surface area contributed by atoms with Gasteiger partial charge in [0.25, 0.3) is 11.8 Å². The normalized spacial score (nSPS) is 10.0. The number of nitrogens with one attached hydrogen (secondary N) is 2. The summed E-state index contributed by atoms with van der Waals surface area (Å²) in [5.74, 6) is 0.995. The van der Waals surface area contributed by atoms with E-state index in [9.17, 15) is 9.59 Å². The molecule has 2 N–H and O–H groups in total. The third kappa shape index (κ3) is 6.66. The SMILES string of the molecule is COc1ccccc1OCC(=O)NNC(=O)c1ccccc1OCCOc1ccccc1. The van der Waals surface area contributed by atoms with Gasteiger partial charge in [-0.3, -0.25) is 20.4 Å². The highest BCUT2D eigenvalue weighted by molar-refractivity contribution is 5.97. The number of carbonyl (C=O) groups is 2. The number of hydrogen-bond acceptors (Lipinski definition) is 6.